The average molecular weight is 577 g/mol. The number of para-hydroxylation sites is 1. The van der Waals surface area contributed by atoms with Gasteiger partial charge in [-0.2, -0.15) is 5.10 Å². The Bertz CT molecular complexity index is 1210. The molecule has 8 nitrogen and oxygen atoms in total. The molecule has 0 saturated heterocycles. The van der Waals surface area contributed by atoms with Gasteiger partial charge in [0.05, 0.1) is 35.5 Å². The van der Waals surface area contributed by atoms with E-state index in [9.17, 15) is 19.8 Å². The number of halogens is 2. The number of phenols is 2. The topological polar surface area (TPSA) is 120 Å². The molecular formula is C23H19Br2N3O5. The fraction of sp³-hybridized carbons (Fsp3) is 0.0870. The van der Waals surface area contributed by atoms with E-state index >= 15 is 0 Å². The van der Waals surface area contributed by atoms with Crippen LogP contribution < -0.4 is 15.5 Å². The Morgan fingerprint density at radius 3 is 2.45 bits per heavy atom. The number of hydrogen-bond donors (Lipinski definition) is 4. The molecule has 0 aliphatic heterocycles. The Balaban J connectivity index is 1.68. The lowest BCUT2D eigenvalue weighted by atomic mass is 10.1. The maximum atomic E-state index is 12.6. The summed E-state index contributed by atoms with van der Waals surface area (Å²) in [5, 5.41) is 26.5. The number of phenolic OH excluding ortho intramolecular Hbond substituents is 2. The molecular weight excluding hydrogens is 558 g/mol. The first-order valence-electron chi connectivity index (χ1n) is 9.55. The van der Waals surface area contributed by atoms with Crippen LogP contribution in [0.2, 0.25) is 0 Å². The van der Waals surface area contributed by atoms with Gasteiger partial charge in [0.25, 0.3) is 5.91 Å². The molecule has 0 heterocycles. The first-order valence-corrected chi connectivity index (χ1v) is 11.1. The molecule has 0 unspecified atom stereocenters. The normalized spacial score (nSPS) is 10.8. The molecule has 3 aromatic rings. The van der Waals surface area contributed by atoms with Crippen LogP contribution in [0.15, 0.2) is 68.6 Å². The van der Waals surface area contributed by atoms with Crippen molar-refractivity contribution in [2.45, 2.75) is 6.42 Å². The summed E-state index contributed by atoms with van der Waals surface area (Å²) in [5.74, 6) is -0.536. The SMILES string of the molecule is COc1ccc(CC(=O)Nc2ccccc2C(=O)N/N=C\c2cc(Br)c(O)c(Br)c2O)cc1. The number of rotatable bonds is 7. The molecule has 3 aromatic carbocycles. The highest BCUT2D eigenvalue weighted by Crippen LogP contribution is 2.40. The first kappa shape index (κ1) is 24.3. The molecule has 2 amide bonds. The standard InChI is InChI=1S/C23H19Br2N3O5/c1-33-15-8-6-13(7-9-15)10-19(29)27-18-5-3-2-4-16(18)23(32)28-26-12-14-11-17(24)22(31)20(25)21(14)30/h2-9,11-12,30-31H,10H2,1H3,(H,27,29)(H,28,32)/b26-12-. The lowest BCUT2D eigenvalue weighted by Gasteiger charge is -2.10. The summed E-state index contributed by atoms with van der Waals surface area (Å²) in [5.41, 5.74) is 3.97. The van der Waals surface area contributed by atoms with E-state index in [2.05, 4.69) is 47.7 Å². The van der Waals surface area contributed by atoms with Crippen LogP contribution in [0.3, 0.4) is 0 Å². The monoisotopic (exact) mass is 575 g/mol. The van der Waals surface area contributed by atoms with Gasteiger partial charge in [0.2, 0.25) is 5.91 Å². The van der Waals surface area contributed by atoms with E-state index in [1.54, 1.807) is 55.6 Å². The van der Waals surface area contributed by atoms with Crippen LogP contribution in [0.25, 0.3) is 0 Å². The van der Waals surface area contributed by atoms with Gasteiger partial charge in [-0.1, -0.05) is 24.3 Å². The van der Waals surface area contributed by atoms with Crippen molar-refractivity contribution in [2.24, 2.45) is 5.10 Å². The number of aromatic hydroxyl groups is 2. The molecule has 0 spiro atoms. The minimum Gasteiger partial charge on any atom is -0.506 e. The summed E-state index contributed by atoms with van der Waals surface area (Å²) in [6, 6.07) is 15.1. The third kappa shape index (κ3) is 6.11. The van der Waals surface area contributed by atoms with Crippen molar-refractivity contribution >= 4 is 55.6 Å². The van der Waals surface area contributed by atoms with Gasteiger partial charge in [0.15, 0.2) is 0 Å². The van der Waals surface area contributed by atoms with E-state index in [1.165, 1.54) is 12.3 Å². The molecule has 10 heteroatoms. The van der Waals surface area contributed by atoms with E-state index in [1.807, 2.05) is 0 Å². The van der Waals surface area contributed by atoms with Crippen LogP contribution in [-0.2, 0) is 11.2 Å². The Kier molecular flexibility index (Phi) is 8.07. The van der Waals surface area contributed by atoms with E-state index in [4.69, 9.17) is 4.74 Å². The third-order valence-electron chi connectivity index (χ3n) is 4.54. The fourth-order valence-electron chi connectivity index (χ4n) is 2.85. The average Bonchev–Trinajstić information content (AvgIpc) is 2.81. The number of anilines is 1. The number of benzene rings is 3. The molecule has 0 aromatic heterocycles. The largest absolute Gasteiger partial charge is 0.506 e. The zero-order valence-electron chi connectivity index (χ0n) is 17.3. The zero-order valence-corrected chi connectivity index (χ0v) is 20.5. The van der Waals surface area contributed by atoms with Crippen molar-refractivity contribution in [1.29, 1.82) is 0 Å². The van der Waals surface area contributed by atoms with Crippen molar-refractivity contribution in [3.05, 3.63) is 80.2 Å². The smallest absolute Gasteiger partial charge is 0.273 e. The number of carbonyl (C=O) groups excluding carboxylic acids is 2. The second kappa shape index (κ2) is 11.0. The van der Waals surface area contributed by atoms with Crippen molar-refractivity contribution < 1.29 is 24.5 Å². The highest BCUT2D eigenvalue weighted by molar-refractivity contribution is 9.11. The summed E-state index contributed by atoms with van der Waals surface area (Å²) >= 11 is 6.24. The summed E-state index contributed by atoms with van der Waals surface area (Å²) in [4.78, 5) is 25.1. The molecule has 0 saturated carbocycles. The molecule has 170 valence electrons. The molecule has 0 aliphatic carbocycles. The highest BCUT2D eigenvalue weighted by atomic mass is 79.9. The predicted molar refractivity (Wildman–Crippen MR) is 132 cm³/mol. The van der Waals surface area contributed by atoms with Gasteiger partial charge in [-0.25, -0.2) is 5.43 Å². The second-order valence-electron chi connectivity index (χ2n) is 6.78. The number of carbonyl (C=O) groups is 2. The van der Waals surface area contributed by atoms with Crippen molar-refractivity contribution in [3.8, 4) is 17.2 Å². The van der Waals surface area contributed by atoms with Gasteiger partial charge >= 0.3 is 0 Å². The zero-order chi connectivity index (χ0) is 24.0. The molecule has 0 aliphatic rings. The summed E-state index contributed by atoms with van der Waals surface area (Å²) in [7, 11) is 1.57. The quantitative estimate of drug-likeness (QED) is 0.242. The molecule has 0 radical (unpaired) electrons. The van der Waals surface area contributed by atoms with Crippen molar-refractivity contribution in [1.82, 2.24) is 5.43 Å². The molecule has 0 fully saturated rings. The van der Waals surface area contributed by atoms with Gasteiger partial charge in [0.1, 0.15) is 21.7 Å². The number of amides is 2. The molecule has 4 N–H and O–H groups in total. The summed E-state index contributed by atoms with van der Waals surface area (Å²) in [6.45, 7) is 0. The minimum atomic E-state index is -0.553. The maximum Gasteiger partial charge on any atom is 0.273 e. The van der Waals surface area contributed by atoms with Crippen LogP contribution in [0.1, 0.15) is 21.5 Å². The van der Waals surface area contributed by atoms with Crippen molar-refractivity contribution in [3.63, 3.8) is 0 Å². The van der Waals surface area contributed by atoms with E-state index in [0.29, 0.717) is 15.9 Å². The van der Waals surface area contributed by atoms with Crippen LogP contribution in [0.5, 0.6) is 17.2 Å². The minimum absolute atomic E-state index is 0.0922. The number of hydrazone groups is 1. The Labute approximate surface area is 206 Å². The van der Waals surface area contributed by atoms with Crippen LogP contribution >= 0.6 is 31.9 Å². The molecule has 0 bridgehead atoms. The van der Waals surface area contributed by atoms with Crippen LogP contribution in [-0.4, -0.2) is 35.4 Å². The van der Waals surface area contributed by atoms with Crippen molar-refractivity contribution in [2.75, 3.05) is 12.4 Å². The van der Waals surface area contributed by atoms with Gasteiger partial charge in [-0.05, 0) is 67.8 Å². The Morgan fingerprint density at radius 1 is 1.06 bits per heavy atom. The number of hydrogen-bond acceptors (Lipinski definition) is 6. The number of nitrogens with zero attached hydrogens (tertiary/aromatic N) is 1. The molecule has 33 heavy (non-hydrogen) atoms. The lowest BCUT2D eigenvalue weighted by Crippen LogP contribution is -2.22. The van der Waals surface area contributed by atoms with Gasteiger partial charge < -0.3 is 20.3 Å². The summed E-state index contributed by atoms with van der Waals surface area (Å²) in [6.07, 6.45) is 1.36. The third-order valence-corrected chi connectivity index (χ3v) is 5.89. The fourth-order valence-corrected chi connectivity index (χ4v) is 4.00. The molecule has 0 atom stereocenters. The van der Waals surface area contributed by atoms with E-state index < -0.39 is 5.91 Å². The number of nitrogens with one attached hydrogen (secondary N) is 2. The first-order chi connectivity index (χ1) is 15.8. The van der Waals surface area contributed by atoms with Crippen LogP contribution in [0, 0.1) is 0 Å². The molecule has 3 rings (SSSR count). The van der Waals surface area contributed by atoms with Gasteiger partial charge in [0, 0.05) is 5.56 Å². The predicted octanol–water partition coefficient (Wildman–Crippen LogP) is 4.58. The second-order valence-corrected chi connectivity index (χ2v) is 8.42. The highest BCUT2D eigenvalue weighted by Gasteiger charge is 2.15. The Morgan fingerprint density at radius 2 is 1.76 bits per heavy atom. The number of methoxy groups -OCH3 is 1. The van der Waals surface area contributed by atoms with Gasteiger partial charge in [-0.3, -0.25) is 9.59 Å². The maximum absolute atomic E-state index is 12.6. The lowest BCUT2D eigenvalue weighted by molar-refractivity contribution is -0.115. The van der Waals surface area contributed by atoms with Gasteiger partial charge in [-0.15, -0.1) is 0 Å². The Hall–Kier alpha value is -3.37. The van der Waals surface area contributed by atoms with Crippen LogP contribution in [0.4, 0.5) is 5.69 Å². The number of ether oxygens (including phenoxy) is 1. The van der Waals surface area contributed by atoms with E-state index in [-0.39, 0.29) is 39.4 Å². The van der Waals surface area contributed by atoms with E-state index in [0.717, 1.165) is 5.56 Å². The summed E-state index contributed by atoms with van der Waals surface area (Å²) < 4.78 is 5.54.